The summed E-state index contributed by atoms with van der Waals surface area (Å²) < 4.78 is 3.81. The van der Waals surface area contributed by atoms with Gasteiger partial charge >= 0.3 is 0 Å². The minimum Gasteiger partial charge on any atom is -0.284 e. The quantitative estimate of drug-likeness (QED) is 0.564. The first-order valence-electron chi connectivity index (χ1n) is 8.21. The molecule has 0 bridgehead atoms. The molecule has 0 radical (unpaired) electrons. The molecule has 2 aromatic carbocycles. The smallest absolute Gasteiger partial charge is 0.162 e. The van der Waals surface area contributed by atoms with Crippen LogP contribution in [-0.4, -0.2) is 19.3 Å². The van der Waals surface area contributed by atoms with E-state index in [1.54, 1.807) is 4.68 Å². The second-order valence-electron chi connectivity index (χ2n) is 6.13. The van der Waals surface area contributed by atoms with E-state index >= 15 is 0 Å². The lowest BCUT2D eigenvalue weighted by Gasteiger charge is -2.11. The van der Waals surface area contributed by atoms with Gasteiger partial charge in [0.25, 0.3) is 0 Å². The van der Waals surface area contributed by atoms with Crippen LogP contribution in [0.4, 0.5) is 5.69 Å². The van der Waals surface area contributed by atoms with Crippen LogP contribution < -0.4 is 5.49 Å². The fraction of sp³-hybridized carbons (Fsp3) is 0.150. The van der Waals surface area contributed by atoms with Crippen LogP contribution in [0.2, 0.25) is 0 Å². The summed E-state index contributed by atoms with van der Waals surface area (Å²) in [6.45, 7) is 4.16. The Labute approximate surface area is 145 Å². The summed E-state index contributed by atoms with van der Waals surface area (Å²) in [6, 6.07) is 16.4. The molecule has 5 nitrogen and oxygen atoms in total. The third-order valence-electron chi connectivity index (χ3n) is 4.39. The summed E-state index contributed by atoms with van der Waals surface area (Å²) in [4.78, 5) is 9.56. The maximum absolute atomic E-state index is 4.97. The van der Waals surface area contributed by atoms with Crippen LogP contribution in [0.1, 0.15) is 11.1 Å². The number of fused-ring (bicyclic) bond motifs is 1. The molecule has 0 aliphatic heterocycles. The van der Waals surface area contributed by atoms with E-state index in [2.05, 4.69) is 42.1 Å². The maximum atomic E-state index is 4.97. The second kappa shape index (κ2) is 6.02. The Balaban J connectivity index is 2.12. The lowest BCUT2D eigenvalue weighted by molar-refractivity contribution is 0.782. The summed E-state index contributed by atoms with van der Waals surface area (Å²) in [6.07, 6.45) is 3.65. The fourth-order valence-electron chi connectivity index (χ4n) is 2.97. The van der Waals surface area contributed by atoms with E-state index < -0.39 is 0 Å². The normalized spacial score (nSPS) is 12.0. The van der Waals surface area contributed by atoms with Crippen molar-refractivity contribution in [1.29, 1.82) is 0 Å². The van der Waals surface area contributed by atoms with Crippen LogP contribution in [0.3, 0.4) is 0 Å². The molecule has 0 saturated heterocycles. The van der Waals surface area contributed by atoms with Gasteiger partial charge in [0.1, 0.15) is 6.33 Å². The summed E-state index contributed by atoms with van der Waals surface area (Å²) in [7, 11) is 1.89. The maximum Gasteiger partial charge on any atom is 0.162 e. The molecule has 4 aromatic rings. The van der Waals surface area contributed by atoms with Crippen LogP contribution in [0.15, 0.2) is 66.0 Å². The minimum atomic E-state index is 0.817. The van der Waals surface area contributed by atoms with Crippen LogP contribution in [-0.2, 0) is 7.05 Å². The van der Waals surface area contributed by atoms with Gasteiger partial charge in [0.05, 0.1) is 23.0 Å². The second-order valence-corrected chi connectivity index (χ2v) is 6.13. The molecule has 0 spiro atoms. The predicted molar refractivity (Wildman–Crippen MR) is 99.0 cm³/mol. The Morgan fingerprint density at radius 3 is 2.40 bits per heavy atom. The monoisotopic (exact) mass is 329 g/mol. The third kappa shape index (κ3) is 2.63. The average molecular weight is 329 g/mol. The van der Waals surface area contributed by atoms with Crippen molar-refractivity contribution in [3.8, 4) is 5.69 Å². The number of aromatic nitrogens is 4. The van der Waals surface area contributed by atoms with Gasteiger partial charge in [0.15, 0.2) is 11.1 Å². The van der Waals surface area contributed by atoms with Crippen LogP contribution in [0, 0.1) is 13.8 Å². The summed E-state index contributed by atoms with van der Waals surface area (Å²) in [5, 5.41) is 5.29. The highest BCUT2D eigenvalue weighted by Gasteiger charge is 2.10. The summed E-state index contributed by atoms with van der Waals surface area (Å²) in [5.74, 6) is 0. The topological polar surface area (TPSA) is 48.0 Å². The third-order valence-corrected chi connectivity index (χ3v) is 4.39. The predicted octanol–water partition coefficient (Wildman–Crippen LogP) is 3.61. The molecule has 0 aliphatic rings. The molecule has 0 amide bonds. The standard InChI is InChI=1S/C20H19N5/c1-14-8-4-6-10-17(14)23-20-16-12-22-24(3)19(16)21-13-25(20)18-11-7-5-9-15(18)2/h4-13H,1-3H3. The van der Waals surface area contributed by atoms with E-state index in [-0.39, 0.29) is 0 Å². The molecule has 5 heteroatoms. The van der Waals surface area contributed by atoms with Crippen LogP contribution in [0.25, 0.3) is 16.7 Å². The van der Waals surface area contributed by atoms with E-state index in [1.807, 2.05) is 54.5 Å². The molecule has 2 aromatic heterocycles. The summed E-state index contributed by atoms with van der Waals surface area (Å²) >= 11 is 0. The van der Waals surface area contributed by atoms with Gasteiger partial charge in [-0.25, -0.2) is 9.98 Å². The lowest BCUT2D eigenvalue weighted by Crippen LogP contribution is -2.21. The van der Waals surface area contributed by atoms with Crippen molar-refractivity contribution in [3.05, 3.63) is 77.7 Å². The molecule has 0 atom stereocenters. The Morgan fingerprint density at radius 1 is 0.920 bits per heavy atom. The van der Waals surface area contributed by atoms with Gasteiger partial charge < -0.3 is 0 Å². The molecule has 25 heavy (non-hydrogen) atoms. The van der Waals surface area contributed by atoms with Gasteiger partial charge in [-0.2, -0.15) is 5.10 Å². The number of rotatable bonds is 2. The highest BCUT2D eigenvalue weighted by Crippen LogP contribution is 2.18. The van der Waals surface area contributed by atoms with E-state index in [0.29, 0.717) is 0 Å². The highest BCUT2D eigenvalue weighted by molar-refractivity contribution is 5.73. The van der Waals surface area contributed by atoms with Crippen molar-refractivity contribution in [2.24, 2.45) is 12.0 Å². The first-order chi connectivity index (χ1) is 12.1. The van der Waals surface area contributed by atoms with Gasteiger partial charge in [0, 0.05) is 7.05 Å². The van der Waals surface area contributed by atoms with Crippen molar-refractivity contribution < 1.29 is 0 Å². The van der Waals surface area contributed by atoms with E-state index in [1.165, 1.54) is 5.56 Å². The van der Waals surface area contributed by atoms with Crippen molar-refractivity contribution >= 4 is 16.7 Å². The summed E-state index contributed by atoms with van der Waals surface area (Å²) in [5.41, 5.74) is 5.96. The molecule has 124 valence electrons. The molecule has 4 rings (SSSR count). The van der Waals surface area contributed by atoms with E-state index in [0.717, 1.165) is 33.5 Å². The zero-order valence-corrected chi connectivity index (χ0v) is 14.5. The van der Waals surface area contributed by atoms with Gasteiger partial charge in [-0.3, -0.25) is 9.25 Å². The highest BCUT2D eigenvalue weighted by atomic mass is 15.3. The Morgan fingerprint density at radius 2 is 1.64 bits per heavy atom. The molecule has 0 fully saturated rings. The van der Waals surface area contributed by atoms with Gasteiger partial charge in [-0.15, -0.1) is 0 Å². The van der Waals surface area contributed by atoms with Gasteiger partial charge in [-0.1, -0.05) is 36.4 Å². The Kier molecular flexibility index (Phi) is 3.69. The van der Waals surface area contributed by atoms with Crippen molar-refractivity contribution in [1.82, 2.24) is 19.3 Å². The zero-order valence-electron chi connectivity index (χ0n) is 14.5. The number of hydrogen-bond acceptors (Lipinski definition) is 3. The average Bonchev–Trinajstić information content (AvgIpc) is 2.99. The largest absolute Gasteiger partial charge is 0.284 e. The van der Waals surface area contributed by atoms with Crippen LogP contribution in [0.5, 0.6) is 0 Å². The van der Waals surface area contributed by atoms with E-state index in [9.17, 15) is 0 Å². The first kappa shape index (κ1) is 15.3. The Hall–Kier alpha value is -3.21. The number of aryl methyl sites for hydroxylation is 3. The van der Waals surface area contributed by atoms with Gasteiger partial charge in [-0.05, 0) is 37.1 Å². The number of benzene rings is 2. The van der Waals surface area contributed by atoms with Gasteiger partial charge in [0.2, 0.25) is 0 Å². The van der Waals surface area contributed by atoms with Crippen molar-refractivity contribution in [3.63, 3.8) is 0 Å². The fourth-order valence-corrected chi connectivity index (χ4v) is 2.97. The zero-order chi connectivity index (χ0) is 17.4. The lowest BCUT2D eigenvalue weighted by atomic mass is 10.2. The molecule has 0 aliphatic carbocycles. The number of hydrogen-bond donors (Lipinski definition) is 0. The molecule has 2 heterocycles. The number of para-hydroxylation sites is 2. The van der Waals surface area contributed by atoms with Crippen molar-refractivity contribution in [2.45, 2.75) is 13.8 Å². The Bertz CT molecular complexity index is 1130. The first-order valence-corrected chi connectivity index (χ1v) is 8.21. The molecule has 0 saturated carbocycles. The number of nitrogens with zero attached hydrogens (tertiary/aromatic N) is 5. The van der Waals surface area contributed by atoms with Crippen LogP contribution >= 0.6 is 0 Å². The van der Waals surface area contributed by atoms with Crippen molar-refractivity contribution in [2.75, 3.05) is 0 Å². The molecular weight excluding hydrogens is 310 g/mol. The minimum absolute atomic E-state index is 0.817. The SMILES string of the molecule is Cc1ccccc1N=c1c2cnn(C)c2ncn1-c1ccccc1C. The molecule has 0 unspecified atom stereocenters. The molecule has 0 N–H and O–H groups in total. The molecular formula is C20H19N5. The van der Waals surface area contributed by atoms with E-state index in [4.69, 9.17) is 4.99 Å².